The summed E-state index contributed by atoms with van der Waals surface area (Å²) in [6, 6.07) is 10.1. The van der Waals surface area contributed by atoms with Crippen LogP contribution in [0.4, 0.5) is 0 Å². The number of amides is 1. The number of carbonyl (C=O) groups is 1. The first kappa shape index (κ1) is 16.7. The van der Waals surface area contributed by atoms with Gasteiger partial charge in [0.25, 0.3) is 5.91 Å². The molecule has 0 spiro atoms. The van der Waals surface area contributed by atoms with Crippen molar-refractivity contribution in [2.24, 2.45) is 5.92 Å². The molecule has 4 nitrogen and oxygen atoms in total. The quantitative estimate of drug-likeness (QED) is 0.892. The lowest BCUT2D eigenvalue weighted by molar-refractivity contribution is -0.110. The Morgan fingerprint density at radius 1 is 1.28 bits per heavy atom. The minimum absolute atomic E-state index is 0.0898. The number of thiazole rings is 1. The van der Waals surface area contributed by atoms with E-state index in [1.165, 1.54) is 11.3 Å². The Bertz CT molecular complexity index is 760. The van der Waals surface area contributed by atoms with Gasteiger partial charge in [0.1, 0.15) is 4.88 Å². The molecule has 1 saturated carbocycles. The number of carbonyl (C=O) groups excluding carboxylic acids is 1. The number of hydrogen-bond donors (Lipinski definition) is 1. The second kappa shape index (κ2) is 6.54. The van der Waals surface area contributed by atoms with Crippen molar-refractivity contribution in [1.29, 1.82) is 0 Å². The van der Waals surface area contributed by atoms with Crippen LogP contribution < -0.4 is 0 Å². The molecule has 2 aromatic rings. The van der Waals surface area contributed by atoms with Crippen molar-refractivity contribution < 1.29 is 9.90 Å². The van der Waals surface area contributed by atoms with Gasteiger partial charge >= 0.3 is 0 Å². The number of benzene rings is 1. The third kappa shape index (κ3) is 2.79. The Labute approximate surface area is 152 Å². The molecule has 1 aromatic carbocycles. The van der Waals surface area contributed by atoms with Crippen LogP contribution in [-0.4, -0.2) is 33.5 Å². The maximum atomic E-state index is 13.1. The Morgan fingerprint density at radius 3 is 2.76 bits per heavy atom. The van der Waals surface area contributed by atoms with Gasteiger partial charge in [-0.05, 0) is 31.7 Å². The molecule has 2 heterocycles. The minimum Gasteiger partial charge on any atom is -0.385 e. The first-order valence-corrected chi connectivity index (χ1v) is 9.98. The van der Waals surface area contributed by atoms with E-state index in [1.807, 2.05) is 42.2 Å². The van der Waals surface area contributed by atoms with Crippen LogP contribution in [0, 0.1) is 12.8 Å². The van der Waals surface area contributed by atoms with Crippen LogP contribution in [0.3, 0.4) is 0 Å². The standard InChI is InChI=1S/C20H24N2O2S/c1-14-18(25-13-21-14)19(23)22-12-11-20(24,15-7-3-2-4-8-15)16-9-5-6-10-17(16)22/h2-4,7-8,13,16-17,24H,5-6,9-12H2,1H3/t16-,17-,20+/m0/s1. The van der Waals surface area contributed by atoms with Crippen molar-refractivity contribution in [2.75, 3.05) is 6.54 Å². The van der Waals surface area contributed by atoms with Gasteiger partial charge in [0, 0.05) is 18.5 Å². The fourth-order valence-corrected chi connectivity index (χ4v) is 5.42. The number of nitrogens with zero attached hydrogens (tertiary/aromatic N) is 2. The van der Waals surface area contributed by atoms with E-state index in [1.54, 1.807) is 5.51 Å². The Morgan fingerprint density at radius 2 is 2.04 bits per heavy atom. The summed E-state index contributed by atoms with van der Waals surface area (Å²) in [6.45, 7) is 2.50. The monoisotopic (exact) mass is 356 g/mol. The van der Waals surface area contributed by atoms with Gasteiger partial charge in [0.05, 0.1) is 16.8 Å². The van der Waals surface area contributed by atoms with E-state index >= 15 is 0 Å². The van der Waals surface area contributed by atoms with Gasteiger partial charge in [-0.15, -0.1) is 11.3 Å². The minimum atomic E-state index is -0.828. The number of rotatable bonds is 2. The highest BCUT2D eigenvalue weighted by Crippen LogP contribution is 2.47. The highest BCUT2D eigenvalue weighted by atomic mass is 32.1. The molecule has 4 rings (SSSR count). The van der Waals surface area contributed by atoms with Gasteiger partial charge in [-0.25, -0.2) is 4.98 Å². The average Bonchev–Trinajstić information content (AvgIpc) is 3.08. The van der Waals surface area contributed by atoms with Crippen LogP contribution in [0.2, 0.25) is 0 Å². The highest BCUT2D eigenvalue weighted by molar-refractivity contribution is 7.11. The van der Waals surface area contributed by atoms with Gasteiger partial charge in [-0.2, -0.15) is 0 Å². The smallest absolute Gasteiger partial charge is 0.266 e. The van der Waals surface area contributed by atoms with Crippen LogP contribution >= 0.6 is 11.3 Å². The van der Waals surface area contributed by atoms with Gasteiger partial charge in [0.2, 0.25) is 0 Å². The molecule has 5 heteroatoms. The topological polar surface area (TPSA) is 53.4 Å². The molecule has 0 radical (unpaired) electrons. The number of piperidine rings is 1. The lowest BCUT2D eigenvalue weighted by atomic mass is 9.66. The Kier molecular flexibility index (Phi) is 4.38. The summed E-state index contributed by atoms with van der Waals surface area (Å²) in [7, 11) is 0. The lowest BCUT2D eigenvalue weighted by Gasteiger charge is -2.52. The van der Waals surface area contributed by atoms with E-state index in [9.17, 15) is 9.90 Å². The van der Waals surface area contributed by atoms with Crippen molar-refractivity contribution >= 4 is 17.2 Å². The van der Waals surface area contributed by atoms with Crippen LogP contribution in [0.5, 0.6) is 0 Å². The Balaban J connectivity index is 1.67. The van der Waals surface area contributed by atoms with Crippen molar-refractivity contribution in [1.82, 2.24) is 9.88 Å². The normalized spacial score (nSPS) is 29.3. The van der Waals surface area contributed by atoms with E-state index in [2.05, 4.69) is 4.98 Å². The van der Waals surface area contributed by atoms with Crippen molar-refractivity contribution in [3.05, 3.63) is 52.0 Å². The predicted octanol–water partition coefficient (Wildman–Crippen LogP) is 3.74. The van der Waals surface area contributed by atoms with Gasteiger partial charge in [-0.3, -0.25) is 4.79 Å². The number of aliphatic hydroxyl groups is 1. The molecule has 1 aliphatic carbocycles. The molecule has 0 unspecified atom stereocenters. The zero-order chi connectivity index (χ0) is 17.4. The molecule has 3 atom stereocenters. The van der Waals surface area contributed by atoms with E-state index in [0.717, 1.165) is 41.8 Å². The number of likely N-dealkylation sites (tertiary alicyclic amines) is 1. The third-order valence-electron chi connectivity index (χ3n) is 5.95. The average molecular weight is 356 g/mol. The van der Waals surface area contributed by atoms with Gasteiger partial charge in [-0.1, -0.05) is 43.2 Å². The fraction of sp³-hybridized carbons (Fsp3) is 0.500. The molecule has 1 amide bonds. The van der Waals surface area contributed by atoms with Crippen molar-refractivity contribution in [3.63, 3.8) is 0 Å². The number of fused-ring (bicyclic) bond motifs is 1. The second-order valence-electron chi connectivity index (χ2n) is 7.26. The molecule has 1 N–H and O–H groups in total. The van der Waals surface area contributed by atoms with E-state index in [4.69, 9.17) is 0 Å². The zero-order valence-electron chi connectivity index (χ0n) is 14.5. The van der Waals surface area contributed by atoms with E-state index in [-0.39, 0.29) is 17.9 Å². The summed E-state index contributed by atoms with van der Waals surface area (Å²) in [6.07, 6.45) is 4.79. The summed E-state index contributed by atoms with van der Waals surface area (Å²) >= 11 is 1.42. The SMILES string of the molecule is Cc1ncsc1C(=O)N1CC[C@@](O)(c2ccccc2)[C@H]2CCCC[C@@H]21. The largest absolute Gasteiger partial charge is 0.385 e. The summed E-state index contributed by atoms with van der Waals surface area (Å²) < 4.78 is 0. The number of aryl methyl sites for hydroxylation is 1. The highest BCUT2D eigenvalue weighted by Gasteiger charge is 2.50. The predicted molar refractivity (Wildman–Crippen MR) is 98.6 cm³/mol. The van der Waals surface area contributed by atoms with Crippen molar-refractivity contribution in [3.8, 4) is 0 Å². The molecular weight excluding hydrogens is 332 g/mol. The van der Waals surface area contributed by atoms with Crippen LogP contribution in [0.15, 0.2) is 35.8 Å². The molecule has 2 fully saturated rings. The molecular formula is C20H24N2O2S. The first-order valence-electron chi connectivity index (χ1n) is 9.10. The summed E-state index contributed by atoms with van der Waals surface area (Å²) in [5, 5.41) is 11.6. The van der Waals surface area contributed by atoms with Gasteiger partial charge < -0.3 is 10.0 Å². The lowest BCUT2D eigenvalue weighted by Crippen LogP contribution is -2.58. The Hall–Kier alpha value is -1.72. The fourth-order valence-electron chi connectivity index (χ4n) is 4.66. The molecule has 1 aliphatic heterocycles. The maximum Gasteiger partial charge on any atom is 0.266 e. The van der Waals surface area contributed by atoms with Crippen molar-refractivity contribution in [2.45, 2.75) is 50.7 Å². The van der Waals surface area contributed by atoms with Crippen LogP contribution in [0.1, 0.15) is 53.0 Å². The molecule has 0 bridgehead atoms. The van der Waals surface area contributed by atoms with Gasteiger partial charge in [0.15, 0.2) is 0 Å². The molecule has 25 heavy (non-hydrogen) atoms. The summed E-state index contributed by atoms with van der Waals surface area (Å²) in [4.78, 5) is 20.1. The number of aromatic nitrogens is 1. The van der Waals surface area contributed by atoms with Crippen LogP contribution in [-0.2, 0) is 5.60 Å². The molecule has 132 valence electrons. The van der Waals surface area contributed by atoms with Crippen LogP contribution in [0.25, 0.3) is 0 Å². The van der Waals surface area contributed by atoms with E-state index < -0.39 is 5.60 Å². The molecule has 1 aromatic heterocycles. The zero-order valence-corrected chi connectivity index (χ0v) is 15.3. The second-order valence-corrected chi connectivity index (χ2v) is 8.12. The molecule has 2 aliphatic rings. The maximum absolute atomic E-state index is 13.1. The summed E-state index contributed by atoms with van der Waals surface area (Å²) in [5.74, 6) is 0.196. The third-order valence-corrected chi connectivity index (χ3v) is 6.87. The number of hydrogen-bond acceptors (Lipinski definition) is 4. The van der Waals surface area contributed by atoms with E-state index in [0.29, 0.717) is 13.0 Å². The first-order chi connectivity index (χ1) is 12.1. The summed E-state index contributed by atoms with van der Waals surface area (Å²) in [5.41, 5.74) is 2.72. The molecule has 1 saturated heterocycles.